The smallest absolute Gasteiger partial charge is 0.408 e. The van der Waals surface area contributed by atoms with E-state index in [1.807, 2.05) is 0 Å². The van der Waals surface area contributed by atoms with Gasteiger partial charge in [0, 0.05) is 18.0 Å². The Labute approximate surface area is 181 Å². The van der Waals surface area contributed by atoms with Gasteiger partial charge in [0.2, 0.25) is 0 Å². The van der Waals surface area contributed by atoms with Crippen LogP contribution in [-0.4, -0.2) is 46.1 Å². The topological polar surface area (TPSA) is 82.4 Å². The molecule has 0 unspecified atom stereocenters. The Bertz CT molecular complexity index is 1190. The van der Waals surface area contributed by atoms with E-state index in [-0.39, 0.29) is 11.6 Å². The monoisotopic (exact) mass is 447 g/mol. The summed E-state index contributed by atoms with van der Waals surface area (Å²) in [5.74, 6) is 0.438. The molecule has 4 heterocycles. The van der Waals surface area contributed by atoms with Crippen LogP contribution in [0, 0.1) is 6.92 Å². The van der Waals surface area contributed by atoms with Crippen molar-refractivity contribution in [2.75, 3.05) is 19.1 Å². The number of ether oxygens (including phenoxy) is 2. The van der Waals surface area contributed by atoms with Crippen LogP contribution >= 0.6 is 0 Å². The van der Waals surface area contributed by atoms with Gasteiger partial charge in [-0.1, -0.05) is 0 Å². The van der Waals surface area contributed by atoms with E-state index in [1.54, 1.807) is 32.2 Å². The Morgan fingerprint density at radius 1 is 1.16 bits per heavy atom. The zero-order chi connectivity index (χ0) is 23.2. The maximum Gasteiger partial charge on any atom is 0.408 e. The minimum absolute atomic E-state index is 0.276. The number of carbonyl (C=O) groups is 1. The molecule has 3 aromatic heterocycles. The second kappa shape index (κ2) is 7.81. The Morgan fingerprint density at radius 2 is 1.91 bits per heavy atom. The van der Waals surface area contributed by atoms with E-state index in [2.05, 4.69) is 15.1 Å². The number of rotatable bonds is 5. The van der Waals surface area contributed by atoms with Crippen LogP contribution in [0.25, 0.3) is 11.3 Å². The van der Waals surface area contributed by atoms with Crippen LogP contribution in [0.5, 0.6) is 11.6 Å². The van der Waals surface area contributed by atoms with Crippen LogP contribution < -0.4 is 14.4 Å². The lowest BCUT2D eigenvalue weighted by atomic mass is 10.0. The largest absolute Gasteiger partial charge is 0.491 e. The molecule has 0 saturated heterocycles. The van der Waals surface area contributed by atoms with Crippen LogP contribution in [0.4, 0.5) is 18.9 Å². The minimum atomic E-state index is -4.41. The molecule has 168 valence electrons. The van der Waals surface area contributed by atoms with Crippen molar-refractivity contribution in [3.05, 3.63) is 47.5 Å². The highest BCUT2D eigenvalue weighted by Crippen LogP contribution is 2.39. The standard InChI is InChI=1S/C21H20F3N5O3/c1-11-5-15(13-6-16(31-3)19(32-4)25-7-13)27-18-12(2)29(20(30)17(11)18)14-8-26-28(9-14)10-21(22,23)24/h5-9,12H,10H2,1-4H3/t12-/m0/s1. The number of halogens is 3. The van der Waals surface area contributed by atoms with Gasteiger partial charge in [0.1, 0.15) is 6.54 Å². The van der Waals surface area contributed by atoms with Crippen LogP contribution in [0.3, 0.4) is 0 Å². The zero-order valence-corrected chi connectivity index (χ0v) is 17.8. The number of carbonyl (C=O) groups excluding carboxylic acids is 1. The Kier molecular flexibility index (Phi) is 5.27. The number of nitrogens with zero attached hydrogens (tertiary/aromatic N) is 5. The van der Waals surface area contributed by atoms with Crippen molar-refractivity contribution >= 4 is 11.6 Å². The summed E-state index contributed by atoms with van der Waals surface area (Å²) >= 11 is 0. The Hall–Kier alpha value is -3.63. The predicted molar refractivity (Wildman–Crippen MR) is 109 cm³/mol. The van der Waals surface area contributed by atoms with Crippen molar-refractivity contribution in [2.24, 2.45) is 0 Å². The van der Waals surface area contributed by atoms with E-state index in [4.69, 9.17) is 9.47 Å². The van der Waals surface area contributed by atoms with E-state index in [0.29, 0.717) is 39.7 Å². The van der Waals surface area contributed by atoms with Crippen molar-refractivity contribution in [1.29, 1.82) is 0 Å². The maximum atomic E-state index is 13.1. The minimum Gasteiger partial charge on any atom is -0.491 e. The lowest BCUT2D eigenvalue weighted by molar-refractivity contribution is -0.142. The summed E-state index contributed by atoms with van der Waals surface area (Å²) in [6.45, 7) is 2.33. The summed E-state index contributed by atoms with van der Waals surface area (Å²) in [5, 5.41) is 3.75. The SMILES string of the molecule is COc1cc(-c2cc(C)c3c(n2)[C@H](C)N(c2cnn(CC(F)(F)F)c2)C3=O)cnc1OC. The van der Waals surface area contributed by atoms with Crippen molar-refractivity contribution in [2.45, 2.75) is 32.6 Å². The van der Waals surface area contributed by atoms with E-state index < -0.39 is 18.8 Å². The first kappa shape index (κ1) is 21.6. The molecule has 11 heteroatoms. The first-order chi connectivity index (χ1) is 15.1. The molecule has 4 rings (SSSR count). The molecule has 1 amide bonds. The normalized spacial score (nSPS) is 15.8. The molecule has 0 spiro atoms. The zero-order valence-electron chi connectivity index (χ0n) is 17.8. The van der Waals surface area contributed by atoms with E-state index in [9.17, 15) is 18.0 Å². The average Bonchev–Trinajstić information content (AvgIpc) is 3.28. The van der Waals surface area contributed by atoms with E-state index in [1.165, 1.54) is 31.5 Å². The molecule has 0 bridgehead atoms. The molecular formula is C21H20F3N5O3. The number of alkyl halides is 3. The Morgan fingerprint density at radius 3 is 2.56 bits per heavy atom. The highest BCUT2D eigenvalue weighted by Gasteiger charge is 2.39. The second-order valence-electron chi connectivity index (χ2n) is 7.38. The van der Waals surface area contributed by atoms with E-state index >= 15 is 0 Å². The molecule has 0 saturated carbocycles. The van der Waals surface area contributed by atoms with Crippen LogP contribution in [0.1, 0.15) is 34.6 Å². The maximum absolute atomic E-state index is 13.1. The third-order valence-corrected chi connectivity index (χ3v) is 5.23. The molecule has 0 aliphatic carbocycles. The van der Waals surface area contributed by atoms with Gasteiger partial charge in [0.15, 0.2) is 5.75 Å². The number of methoxy groups -OCH3 is 2. The molecule has 1 aliphatic rings. The number of anilines is 1. The average molecular weight is 447 g/mol. The fraction of sp³-hybridized carbons (Fsp3) is 0.333. The summed E-state index contributed by atoms with van der Waals surface area (Å²) in [6.07, 6.45) is -0.355. The highest BCUT2D eigenvalue weighted by molar-refractivity contribution is 6.11. The van der Waals surface area contributed by atoms with Crippen molar-refractivity contribution in [1.82, 2.24) is 19.7 Å². The number of hydrogen-bond acceptors (Lipinski definition) is 6. The van der Waals surface area contributed by atoms with Gasteiger partial charge < -0.3 is 9.47 Å². The molecule has 0 radical (unpaired) electrons. The molecule has 0 N–H and O–H groups in total. The van der Waals surface area contributed by atoms with E-state index in [0.717, 1.165) is 4.68 Å². The van der Waals surface area contributed by atoms with Gasteiger partial charge in [-0.25, -0.2) is 9.97 Å². The summed E-state index contributed by atoms with van der Waals surface area (Å²) < 4.78 is 49.3. The number of hydrogen-bond donors (Lipinski definition) is 0. The summed E-state index contributed by atoms with van der Waals surface area (Å²) in [7, 11) is 2.99. The van der Waals surface area contributed by atoms with Crippen molar-refractivity contribution in [3.8, 4) is 22.9 Å². The fourth-order valence-electron chi connectivity index (χ4n) is 3.80. The van der Waals surface area contributed by atoms with Crippen LogP contribution in [0.2, 0.25) is 0 Å². The van der Waals surface area contributed by atoms with Gasteiger partial charge in [0.25, 0.3) is 11.8 Å². The van der Waals surface area contributed by atoms with Gasteiger partial charge in [-0.05, 0) is 31.5 Å². The van der Waals surface area contributed by atoms with Gasteiger partial charge in [0.05, 0.1) is 49.1 Å². The lowest BCUT2D eigenvalue weighted by Crippen LogP contribution is -2.26. The molecule has 3 aromatic rings. The number of pyridine rings is 2. The highest BCUT2D eigenvalue weighted by atomic mass is 19.4. The van der Waals surface area contributed by atoms with Gasteiger partial charge in [-0.15, -0.1) is 0 Å². The summed E-state index contributed by atoms with van der Waals surface area (Å²) in [6, 6.07) is 3.01. The molecule has 1 atom stereocenters. The third-order valence-electron chi connectivity index (χ3n) is 5.23. The number of aryl methyl sites for hydroxylation is 1. The molecule has 32 heavy (non-hydrogen) atoms. The van der Waals surface area contributed by atoms with Crippen molar-refractivity contribution in [3.63, 3.8) is 0 Å². The second-order valence-corrected chi connectivity index (χ2v) is 7.38. The van der Waals surface area contributed by atoms with Crippen LogP contribution in [-0.2, 0) is 6.54 Å². The van der Waals surface area contributed by atoms with Crippen molar-refractivity contribution < 1.29 is 27.4 Å². The van der Waals surface area contributed by atoms with Gasteiger partial charge >= 0.3 is 6.18 Å². The number of aromatic nitrogens is 4. The Balaban J connectivity index is 1.71. The molecule has 0 fully saturated rings. The molecule has 8 nitrogen and oxygen atoms in total. The first-order valence-electron chi connectivity index (χ1n) is 9.65. The molecule has 1 aliphatic heterocycles. The third kappa shape index (κ3) is 3.74. The molecular weight excluding hydrogens is 427 g/mol. The lowest BCUT2D eigenvalue weighted by Gasteiger charge is -2.19. The van der Waals surface area contributed by atoms with Gasteiger partial charge in [-0.3, -0.25) is 14.4 Å². The summed E-state index contributed by atoms with van der Waals surface area (Å²) in [5.41, 5.74) is 3.19. The van der Waals surface area contributed by atoms with Crippen LogP contribution in [0.15, 0.2) is 30.7 Å². The summed E-state index contributed by atoms with van der Waals surface area (Å²) in [4.78, 5) is 23.4. The number of fused-ring (bicyclic) bond motifs is 1. The predicted octanol–water partition coefficient (Wildman–Crippen LogP) is 3.95. The number of amides is 1. The fourth-order valence-corrected chi connectivity index (χ4v) is 3.80. The molecule has 0 aromatic carbocycles. The quantitative estimate of drug-likeness (QED) is 0.589. The first-order valence-corrected chi connectivity index (χ1v) is 9.65. The van der Waals surface area contributed by atoms with Gasteiger partial charge in [-0.2, -0.15) is 18.3 Å².